The lowest BCUT2D eigenvalue weighted by molar-refractivity contribution is 0.379. The molecule has 5 heteroatoms. The lowest BCUT2D eigenvalue weighted by atomic mass is 9.90. The van der Waals surface area contributed by atoms with Crippen LogP contribution < -0.4 is 5.32 Å². The average molecular weight is 290 g/mol. The number of anilines is 1. The normalized spacial score (nSPS) is 12.4. The van der Waals surface area contributed by atoms with E-state index >= 15 is 0 Å². The maximum Gasteiger partial charge on any atom is 0.177 e. The molecular weight excluding hydrogens is 270 g/mol. The van der Waals surface area contributed by atoms with Crippen molar-refractivity contribution in [2.45, 2.75) is 25.2 Å². The first-order valence-electron chi connectivity index (χ1n) is 5.85. The summed E-state index contributed by atoms with van der Waals surface area (Å²) < 4.78 is 23.3. The average Bonchev–Trinajstić information content (AvgIpc) is 2.26. The lowest BCUT2D eigenvalue weighted by Crippen LogP contribution is -2.24. The quantitative estimate of drug-likeness (QED) is 0.818. The highest BCUT2D eigenvalue weighted by Crippen LogP contribution is 2.25. The van der Waals surface area contributed by atoms with Gasteiger partial charge in [0.05, 0.1) is 10.6 Å². The Labute approximate surface area is 114 Å². The third-order valence-corrected chi connectivity index (χ3v) is 4.16. The first-order valence-corrected chi connectivity index (χ1v) is 8.28. The zero-order valence-electron chi connectivity index (χ0n) is 11.0. The molecule has 1 aromatic carbocycles. The zero-order chi connectivity index (χ0) is 13.8. The Kier molecular flexibility index (Phi) is 5.05. The summed E-state index contributed by atoms with van der Waals surface area (Å²) in [7, 11) is -3.20. The van der Waals surface area contributed by atoms with Crippen molar-refractivity contribution < 1.29 is 8.42 Å². The van der Waals surface area contributed by atoms with E-state index in [0.29, 0.717) is 23.0 Å². The molecule has 0 aliphatic rings. The van der Waals surface area contributed by atoms with Gasteiger partial charge >= 0.3 is 0 Å². The predicted octanol–water partition coefficient (Wildman–Crippen LogP) is 3.16. The Morgan fingerprint density at radius 1 is 1.28 bits per heavy atom. The summed E-state index contributed by atoms with van der Waals surface area (Å²) in [4.78, 5) is 0.340. The molecule has 0 radical (unpaired) electrons. The topological polar surface area (TPSA) is 46.2 Å². The van der Waals surface area contributed by atoms with Crippen molar-refractivity contribution in [1.82, 2.24) is 0 Å². The number of nitrogens with one attached hydrogen (secondary N) is 1. The fourth-order valence-electron chi connectivity index (χ4n) is 1.61. The van der Waals surface area contributed by atoms with Gasteiger partial charge in [0.25, 0.3) is 0 Å². The first-order chi connectivity index (χ1) is 8.26. The minimum atomic E-state index is -3.20. The summed E-state index contributed by atoms with van der Waals surface area (Å²) in [5.41, 5.74) is 0.689. The van der Waals surface area contributed by atoms with Gasteiger partial charge < -0.3 is 5.32 Å². The van der Waals surface area contributed by atoms with Gasteiger partial charge in [0.1, 0.15) is 0 Å². The van der Waals surface area contributed by atoms with Gasteiger partial charge in [-0.3, -0.25) is 0 Å². The van der Waals surface area contributed by atoms with Crippen molar-refractivity contribution in [3.8, 4) is 0 Å². The van der Waals surface area contributed by atoms with Gasteiger partial charge in [-0.25, -0.2) is 8.42 Å². The van der Waals surface area contributed by atoms with E-state index in [1.54, 1.807) is 18.2 Å². The molecule has 0 aliphatic carbocycles. The van der Waals surface area contributed by atoms with Crippen LogP contribution >= 0.6 is 11.6 Å². The van der Waals surface area contributed by atoms with E-state index in [-0.39, 0.29) is 5.41 Å². The molecule has 0 heterocycles. The number of sulfone groups is 1. The molecule has 1 rings (SSSR count). The number of rotatable bonds is 6. The summed E-state index contributed by atoms with van der Waals surface area (Å²) in [6, 6.07) is 6.95. The Morgan fingerprint density at radius 2 is 1.89 bits per heavy atom. The van der Waals surface area contributed by atoms with E-state index in [1.807, 2.05) is 6.07 Å². The lowest BCUT2D eigenvalue weighted by Gasteiger charge is -2.25. The molecule has 0 aromatic heterocycles. The Bertz CT molecular complexity index is 497. The monoisotopic (exact) mass is 289 g/mol. The number of hydrogen-bond donors (Lipinski definition) is 1. The fourth-order valence-corrected chi connectivity index (χ4v) is 2.99. The third kappa shape index (κ3) is 4.50. The van der Waals surface area contributed by atoms with Crippen LogP contribution in [-0.2, 0) is 9.84 Å². The molecule has 0 fully saturated rings. The third-order valence-electron chi connectivity index (χ3n) is 2.82. The molecule has 1 N–H and O–H groups in total. The second-order valence-corrected chi connectivity index (χ2v) is 7.59. The molecule has 102 valence electrons. The van der Waals surface area contributed by atoms with Gasteiger partial charge in [0.15, 0.2) is 9.84 Å². The van der Waals surface area contributed by atoms with Crippen molar-refractivity contribution in [3.05, 3.63) is 24.3 Å². The van der Waals surface area contributed by atoms with Crippen LogP contribution in [0.15, 0.2) is 29.2 Å². The molecule has 0 amide bonds. The molecule has 0 bridgehead atoms. The minimum absolute atomic E-state index is 0.0341. The van der Waals surface area contributed by atoms with Crippen molar-refractivity contribution in [2.75, 3.05) is 24.0 Å². The number of hydrogen-bond acceptors (Lipinski definition) is 3. The molecule has 0 saturated carbocycles. The number of halogens is 1. The van der Waals surface area contributed by atoms with E-state index in [9.17, 15) is 8.42 Å². The van der Waals surface area contributed by atoms with Crippen LogP contribution in [0.1, 0.15) is 20.3 Å². The molecule has 0 aliphatic heterocycles. The van der Waals surface area contributed by atoms with E-state index in [0.717, 1.165) is 6.42 Å². The second-order valence-electron chi connectivity index (χ2n) is 5.23. The Balaban J connectivity index is 2.86. The van der Waals surface area contributed by atoms with E-state index in [2.05, 4.69) is 19.2 Å². The van der Waals surface area contributed by atoms with Gasteiger partial charge in [0, 0.05) is 18.7 Å². The highest BCUT2D eigenvalue weighted by Gasteiger charge is 2.18. The van der Waals surface area contributed by atoms with Crippen LogP contribution in [0.3, 0.4) is 0 Å². The van der Waals surface area contributed by atoms with E-state index in [4.69, 9.17) is 11.6 Å². The molecule has 0 spiro atoms. The summed E-state index contributed by atoms with van der Waals surface area (Å²) in [6.07, 6.45) is 2.10. The van der Waals surface area contributed by atoms with Gasteiger partial charge in [-0.15, -0.1) is 11.6 Å². The van der Waals surface area contributed by atoms with Crippen LogP contribution in [0.2, 0.25) is 0 Å². The van der Waals surface area contributed by atoms with Crippen LogP contribution in [-0.4, -0.2) is 27.1 Å². The van der Waals surface area contributed by atoms with Crippen molar-refractivity contribution in [1.29, 1.82) is 0 Å². The summed E-state index contributed by atoms with van der Waals surface area (Å²) in [5, 5.41) is 3.21. The highest BCUT2D eigenvalue weighted by atomic mass is 35.5. The number of para-hydroxylation sites is 1. The number of benzene rings is 1. The van der Waals surface area contributed by atoms with Crippen LogP contribution in [0.5, 0.6) is 0 Å². The Hall–Kier alpha value is -0.740. The SMILES string of the molecule is CC(C)(CCCl)CNc1ccccc1S(C)(=O)=O. The molecule has 18 heavy (non-hydrogen) atoms. The van der Waals surface area contributed by atoms with Gasteiger partial charge in [-0.2, -0.15) is 0 Å². The minimum Gasteiger partial charge on any atom is -0.383 e. The molecule has 0 unspecified atom stereocenters. The summed E-state index contributed by atoms with van der Waals surface area (Å²) in [5.74, 6) is 0.600. The van der Waals surface area contributed by atoms with Crippen molar-refractivity contribution in [2.24, 2.45) is 5.41 Å². The van der Waals surface area contributed by atoms with Gasteiger partial charge in [-0.05, 0) is 24.0 Å². The predicted molar refractivity (Wildman–Crippen MR) is 77.2 cm³/mol. The van der Waals surface area contributed by atoms with E-state index < -0.39 is 9.84 Å². The molecule has 1 aromatic rings. The second kappa shape index (κ2) is 5.93. The van der Waals surface area contributed by atoms with Crippen LogP contribution in [0.4, 0.5) is 5.69 Å². The molecule has 3 nitrogen and oxygen atoms in total. The number of alkyl halides is 1. The maximum atomic E-state index is 11.6. The van der Waals surface area contributed by atoms with E-state index in [1.165, 1.54) is 6.26 Å². The Morgan fingerprint density at radius 3 is 2.44 bits per heavy atom. The van der Waals surface area contributed by atoms with Crippen LogP contribution in [0, 0.1) is 5.41 Å². The zero-order valence-corrected chi connectivity index (χ0v) is 12.6. The molecular formula is C13H20ClNO2S. The van der Waals surface area contributed by atoms with Crippen molar-refractivity contribution in [3.63, 3.8) is 0 Å². The molecule has 0 atom stereocenters. The van der Waals surface area contributed by atoms with Crippen LogP contribution in [0.25, 0.3) is 0 Å². The molecule has 0 saturated heterocycles. The summed E-state index contributed by atoms with van der Waals surface area (Å²) in [6.45, 7) is 4.89. The standard InChI is InChI=1S/C13H20ClNO2S/c1-13(2,8-9-14)10-15-11-6-4-5-7-12(11)18(3,16)17/h4-7,15H,8-10H2,1-3H3. The maximum absolute atomic E-state index is 11.6. The fraction of sp³-hybridized carbons (Fsp3) is 0.538. The largest absolute Gasteiger partial charge is 0.383 e. The van der Waals surface area contributed by atoms with Crippen molar-refractivity contribution >= 4 is 27.1 Å². The smallest absolute Gasteiger partial charge is 0.177 e. The van der Waals surface area contributed by atoms with Gasteiger partial charge in [0.2, 0.25) is 0 Å². The first kappa shape index (κ1) is 15.3. The summed E-state index contributed by atoms with van der Waals surface area (Å²) >= 11 is 5.75. The van der Waals surface area contributed by atoms with Gasteiger partial charge in [-0.1, -0.05) is 26.0 Å². The highest BCUT2D eigenvalue weighted by molar-refractivity contribution is 7.90.